The lowest BCUT2D eigenvalue weighted by Crippen LogP contribution is -2.33. The monoisotopic (exact) mass is 414 g/mol. The zero-order valence-corrected chi connectivity index (χ0v) is 17.7. The van der Waals surface area contributed by atoms with Gasteiger partial charge in [-0.3, -0.25) is 4.98 Å². The van der Waals surface area contributed by atoms with Crippen molar-refractivity contribution in [2.24, 2.45) is 0 Å². The fourth-order valence-electron chi connectivity index (χ4n) is 4.14. The minimum atomic E-state index is 0.590. The van der Waals surface area contributed by atoms with Crippen molar-refractivity contribution in [1.82, 2.24) is 9.97 Å². The first-order chi connectivity index (χ1) is 14.7. The van der Waals surface area contributed by atoms with E-state index in [0.717, 1.165) is 32.0 Å². The molecule has 4 aromatic rings. The van der Waals surface area contributed by atoms with Gasteiger partial charge in [0, 0.05) is 30.7 Å². The Bertz CT molecular complexity index is 1250. The van der Waals surface area contributed by atoms with E-state index in [0.29, 0.717) is 17.4 Å². The van der Waals surface area contributed by atoms with Crippen molar-refractivity contribution < 1.29 is 4.74 Å². The average Bonchev–Trinajstić information content (AvgIpc) is 3.22. The summed E-state index contributed by atoms with van der Waals surface area (Å²) >= 11 is 1.71. The van der Waals surface area contributed by atoms with Crippen LogP contribution in [-0.4, -0.2) is 23.1 Å². The first kappa shape index (κ1) is 18.8. The summed E-state index contributed by atoms with van der Waals surface area (Å²) < 4.78 is 7.31. The smallest absolute Gasteiger partial charge is 0.186 e. The molecule has 1 aliphatic carbocycles. The molecule has 150 valence electrons. The van der Waals surface area contributed by atoms with Crippen LogP contribution in [-0.2, 0) is 0 Å². The number of nitrogens with zero attached hydrogens (tertiary/aromatic N) is 4. The maximum absolute atomic E-state index is 9.22. The van der Waals surface area contributed by atoms with Gasteiger partial charge in [0.25, 0.3) is 0 Å². The third-order valence-electron chi connectivity index (χ3n) is 5.83. The highest BCUT2D eigenvalue weighted by Crippen LogP contribution is 2.36. The topological polar surface area (TPSA) is 62.0 Å². The zero-order chi connectivity index (χ0) is 20.5. The molecule has 0 amide bonds. The summed E-state index contributed by atoms with van der Waals surface area (Å²) in [5.74, 6) is 1.45. The maximum Gasteiger partial charge on any atom is 0.186 e. The summed E-state index contributed by atoms with van der Waals surface area (Å²) in [5, 5.41) is 11.1. The number of thiazole rings is 1. The normalized spacial score (nSPS) is 14.7. The van der Waals surface area contributed by atoms with Crippen molar-refractivity contribution in [2.75, 3.05) is 11.9 Å². The standard InChI is InChI=1S/C24H22N4OS/c1-28(17-5-3-2-4-6-17)24-27-21-10-8-18(14-23(21)30-24)29-22-11-12-26-20-9-7-16(15-25)13-19(20)22/h7-14,17H,2-6H2,1H3. The van der Waals surface area contributed by atoms with E-state index in [1.807, 2.05) is 36.4 Å². The van der Waals surface area contributed by atoms with Crippen molar-refractivity contribution in [3.8, 4) is 17.6 Å². The number of ether oxygens (including phenoxy) is 1. The lowest BCUT2D eigenvalue weighted by molar-refractivity contribution is 0.427. The van der Waals surface area contributed by atoms with E-state index in [4.69, 9.17) is 9.72 Å². The van der Waals surface area contributed by atoms with E-state index >= 15 is 0 Å². The molecule has 0 unspecified atom stereocenters. The third kappa shape index (κ3) is 3.57. The van der Waals surface area contributed by atoms with Gasteiger partial charge in [-0.25, -0.2) is 4.98 Å². The molecule has 5 rings (SSSR count). The Kier molecular flexibility index (Phi) is 4.97. The van der Waals surface area contributed by atoms with E-state index in [1.54, 1.807) is 23.6 Å². The van der Waals surface area contributed by atoms with Gasteiger partial charge in [0.2, 0.25) is 0 Å². The molecule has 0 atom stereocenters. The Labute approximate surface area is 179 Å². The van der Waals surface area contributed by atoms with Gasteiger partial charge in [-0.2, -0.15) is 5.26 Å². The van der Waals surface area contributed by atoms with Crippen molar-refractivity contribution in [1.29, 1.82) is 5.26 Å². The minimum Gasteiger partial charge on any atom is -0.457 e. The van der Waals surface area contributed by atoms with Crippen molar-refractivity contribution in [3.05, 3.63) is 54.2 Å². The van der Waals surface area contributed by atoms with Gasteiger partial charge in [-0.05, 0) is 49.2 Å². The SMILES string of the molecule is CN(c1nc2ccc(Oc3ccnc4ccc(C#N)cc34)cc2s1)C1CCCCC1. The highest BCUT2D eigenvalue weighted by atomic mass is 32.1. The molecular formula is C24H22N4OS. The summed E-state index contributed by atoms with van der Waals surface area (Å²) in [6.45, 7) is 0. The van der Waals surface area contributed by atoms with Crippen LogP contribution >= 0.6 is 11.3 Å². The number of aromatic nitrogens is 2. The lowest BCUT2D eigenvalue weighted by Gasteiger charge is -2.30. The summed E-state index contributed by atoms with van der Waals surface area (Å²) in [6.07, 6.45) is 8.20. The van der Waals surface area contributed by atoms with E-state index in [2.05, 4.69) is 23.0 Å². The molecule has 2 aromatic heterocycles. The summed E-state index contributed by atoms with van der Waals surface area (Å²) in [4.78, 5) is 11.6. The Morgan fingerprint density at radius 1 is 1.07 bits per heavy atom. The molecule has 5 nitrogen and oxygen atoms in total. The molecule has 1 aliphatic rings. The second-order valence-electron chi connectivity index (χ2n) is 7.78. The number of benzene rings is 2. The van der Waals surface area contributed by atoms with Crippen LogP contribution in [0.2, 0.25) is 0 Å². The number of anilines is 1. The number of pyridine rings is 1. The van der Waals surface area contributed by atoms with Gasteiger partial charge >= 0.3 is 0 Å². The molecule has 30 heavy (non-hydrogen) atoms. The highest BCUT2D eigenvalue weighted by molar-refractivity contribution is 7.22. The van der Waals surface area contributed by atoms with Gasteiger partial charge in [0.05, 0.1) is 27.4 Å². The molecule has 0 spiro atoms. The Hall–Kier alpha value is -3.17. The number of nitriles is 1. The Morgan fingerprint density at radius 3 is 2.73 bits per heavy atom. The second-order valence-corrected chi connectivity index (χ2v) is 8.79. The van der Waals surface area contributed by atoms with E-state index < -0.39 is 0 Å². The van der Waals surface area contributed by atoms with Crippen LogP contribution in [0.5, 0.6) is 11.5 Å². The quantitative estimate of drug-likeness (QED) is 0.393. The first-order valence-corrected chi connectivity index (χ1v) is 11.1. The van der Waals surface area contributed by atoms with Crippen LogP contribution in [0.25, 0.3) is 21.1 Å². The van der Waals surface area contributed by atoms with Crippen molar-refractivity contribution >= 4 is 37.6 Å². The fourth-order valence-corrected chi connectivity index (χ4v) is 5.17. The molecule has 1 saturated carbocycles. The molecule has 0 radical (unpaired) electrons. The molecule has 0 N–H and O–H groups in total. The van der Waals surface area contributed by atoms with Gasteiger partial charge in [-0.1, -0.05) is 30.6 Å². The van der Waals surface area contributed by atoms with Crippen LogP contribution in [0.1, 0.15) is 37.7 Å². The van der Waals surface area contributed by atoms with Crippen molar-refractivity contribution in [3.63, 3.8) is 0 Å². The number of fused-ring (bicyclic) bond motifs is 2. The third-order valence-corrected chi connectivity index (χ3v) is 6.94. The van der Waals surface area contributed by atoms with Crippen molar-refractivity contribution in [2.45, 2.75) is 38.1 Å². The molecule has 1 fully saturated rings. The number of rotatable bonds is 4. The molecular weight excluding hydrogens is 392 g/mol. The minimum absolute atomic E-state index is 0.590. The summed E-state index contributed by atoms with van der Waals surface area (Å²) in [6, 6.07) is 16.1. The second kappa shape index (κ2) is 7.92. The largest absolute Gasteiger partial charge is 0.457 e. The maximum atomic E-state index is 9.22. The average molecular weight is 415 g/mol. The predicted molar refractivity (Wildman–Crippen MR) is 121 cm³/mol. The van der Waals surface area contributed by atoms with Gasteiger partial charge < -0.3 is 9.64 Å². The van der Waals surface area contributed by atoms with Gasteiger partial charge in [0.15, 0.2) is 5.13 Å². The van der Waals surface area contributed by atoms with Gasteiger partial charge in [0.1, 0.15) is 11.5 Å². The molecule has 0 saturated heterocycles. The van der Waals surface area contributed by atoms with E-state index in [9.17, 15) is 5.26 Å². The number of hydrogen-bond acceptors (Lipinski definition) is 6. The van der Waals surface area contributed by atoms with Gasteiger partial charge in [-0.15, -0.1) is 0 Å². The van der Waals surface area contributed by atoms with Crippen LogP contribution in [0, 0.1) is 11.3 Å². The van der Waals surface area contributed by atoms with Crippen LogP contribution in [0.4, 0.5) is 5.13 Å². The van der Waals surface area contributed by atoms with E-state index in [1.165, 1.54) is 32.1 Å². The highest BCUT2D eigenvalue weighted by Gasteiger charge is 2.21. The molecule has 0 aliphatic heterocycles. The zero-order valence-electron chi connectivity index (χ0n) is 16.8. The Morgan fingerprint density at radius 2 is 1.90 bits per heavy atom. The molecule has 0 bridgehead atoms. The van der Waals surface area contributed by atoms with E-state index in [-0.39, 0.29) is 0 Å². The Balaban J connectivity index is 1.44. The number of hydrogen-bond donors (Lipinski definition) is 0. The molecule has 6 heteroatoms. The summed E-state index contributed by atoms with van der Waals surface area (Å²) in [7, 11) is 2.17. The molecule has 2 aromatic carbocycles. The fraction of sp³-hybridized carbons (Fsp3) is 0.292. The first-order valence-electron chi connectivity index (χ1n) is 10.3. The van der Waals surface area contributed by atoms with Crippen LogP contribution in [0.15, 0.2) is 48.7 Å². The van der Waals surface area contributed by atoms with Crippen LogP contribution in [0.3, 0.4) is 0 Å². The van der Waals surface area contributed by atoms with Crippen LogP contribution < -0.4 is 9.64 Å². The summed E-state index contributed by atoms with van der Waals surface area (Å²) in [5.41, 5.74) is 2.40. The lowest BCUT2D eigenvalue weighted by atomic mass is 9.95. The molecule has 2 heterocycles. The predicted octanol–water partition coefficient (Wildman–Crippen LogP) is 6.28.